The Kier molecular flexibility index (Phi) is 5.65. The number of hydrogen-bond donors (Lipinski definition) is 0. The first-order valence-corrected chi connectivity index (χ1v) is 9.95. The van der Waals surface area contributed by atoms with E-state index in [2.05, 4.69) is 0 Å². The molecule has 1 aliphatic rings. The summed E-state index contributed by atoms with van der Waals surface area (Å²) in [7, 11) is 0. The van der Waals surface area contributed by atoms with Crippen molar-refractivity contribution in [1.82, 2.24) is 0 Å². The van der Waals surface area contributed by atoms with E-state index in [-0.39, 0.29) is 0 Å². The van der Waals surface area contributed by atoms with Crippen LogP contribution in [-0.4, -0.2) is 29.1 Å². The summed E-state index contributed by atoms with van der Waals surface area (Å²) in [5.41, 5.74) is -0.321. The van der Waals surface area contributed by atoms with Crippen LogP contribution in [0.3, 0.4) is 0 Å². The van der Waals surface area contributed by atoms with Gasteiger partial charge in [-0.1, -0.05) is 55.5 Å². The fourth-order valence-electron chi connectivity index (χ4n) is 4.26. The van der Waals surface area contributed by atoms with Crippen LogP contribution in [-0.2, 0) is 14.9 Å². The second-order valence-electron chi connectivity index (χ2n) is 8.44. The van der Waals surface area contributed by atoms with Crippen molar-refractivity contribution in [2.45, 2.75) is 51.0 Å². The van der Waals surface area contributed by atoms with Crippen LogP contribution in [0.2, 0.25) is 0 Å². The molecule has 158 valence electrons. The number of carbonyl (C=O) groups excluding carboxylic acids is 2. The molecule has 2 atom stereocenters. The average Bonchev–Trinajstić information content (AvgIpc) is 2.94. The number of hydrogen-bond acceptors (Lipinski definition) is 5. The molecule has 0 fully saturated rings. The molecule has 0 radical (unpaired) electrons. The Morgan fingerprint density at radius 2 is 1.73 bits per heavy atom. The lowest BCUT2D eigenvalue weighted by molar-refractivity contribution is -0.485. The third-order valence-electron chi connectivity index (χ3n) is 5.47. The number of amides is 2. The minimum atomic E-state index is -1.25. The van der Waals surface area contributed by atoms with E-state index < -0.39 is 40.4 Å². The number of rotatable bonds is 5. The molecule has 2 aromatic rings. The monoisotopic (exact) mass is 410 g/mol. The number of imide groups is 1. The lowest BCUT2D eigenvalue weighted by atomic mass is 9.66. The molecule has 3 rings (SSSR count). The van der Waals surface area contributed by atoms with Gasteiger partial charge in [-0.15, -0.1) is 0 Å². The summed E-state index contributed by atoms with van der Waals surface area (Å²) in [5.74, 6) is -1.23. The van der Waals surface area contributed by atoms with Gasteiger partial charge in [0.2, 0.25) is 12.5 Å². The van der Waals surface area contributed by atoms with Crippen LogP contribution in [0.5, 0.6) is 0 Å². The number of nitro groups is 1. The van der Waals surface area contributed by atoms with Gasteiger partial charge in [0.15, 0.2) is 0 Å². The third-order valence-corrected chi connectivity index (χ3v) is 5.47. The summed E-state index contributed by atoms with van der Waals surface area (Å²) < 4.78 is 5.49. The predicted molar refractivity (Wildman–Crippen MR) is 113 cm³/mol. The molecule has 2 aromatic carbocycles. The Morgan fingerprint density at radius 1 is 1.13 bits per heavy atom. The first-order valence-electron chi connectivity index (χ1n) is 9.95. The van der Waals surface area contributed by atoms with Gasteiger partial charge in [-0.05, 0) is 44.4 Å². The summed E-state index contributed by atoms with van der Waals surface area (Å²) >= 11 is 0. The predicted octanol–water partition coefficient (Wildman–Crippen LogP) is 4.68. The van der Waals surface area contributed by atoms with E-state index in [1.807, 2.05) is 13.0 Å². The van der Waals surface area contributed by atoms with Crippen molar-refractivity contribution in [2.75, 3.05) is 11.4 Å². The molecular weight excluding hydrogens is 384 g/mol. The van der Waals surface area contributed by atoms with Crippen LogP contribution < -0.4 is 4.90 Å². The number of ether oxygens (including phenoxy) is 1. The SMILES string of the molecule is CC[C@@]1([C@H](C[N+](=O)[O-])c2ccccc2)C(=O)N(C(=O)OC(C)(C)C)c2ccccc21. The van der Waals surface area contributed by atoms with Gasteiger partial charge in [0.05, 0.1) is 17.0 Å². The molecule has 2 amide bonds. The maximum absolute atomic E-state index is 13.8. The summed E-state index contributed by atoms with van der Waals surface area (Å²) in [6, 6.07) is 16.0. The number of nitrogens with zero attached hydrogens (tertiary/aromatic N) is 2. The molecule has 7 nitrogen and oxygen atoms in total. The molecule has 0 aliphatic carbocycles. The summed E-state index contributed by atoms with van der Waals surface area (Å²) in [6.07, 6.45) is -0.474. The minimum absolute atomic E-state index is 0.301. The van der Waals surface area contributed by atoms with E-state index in [1.54, 1.807) is 69.3 Å². The zero-order valence-electron chi connectivity index (χ0n) is 17.6. The molecule has 30 heavy (non-hydrogen) atoms. The van der Waals surface area contributed by atoms with Gasteiger partial charge in [0.25, 0.3) is 0 Å². The highest BCUT2D eigenvalue weighted by Crippen LogP contribution is 2.52. The largest absolute Gasteiger partial charge is 0.443 e. The van der Waals surface area contributed by atoms with Gasteiger partial charge in [-0.2, -0.15) is 0 Å². The van der Waals surface area contributed by atoms with Gasteiger partial charge in [-0.25, -0.2) is 9.69 Å². The summed E-state index contributed by atoms with van der Waals surface area (Å²) in [4.78, 5) is 39.1. The van der Waals surface area contributed by atoms with E-state index in [9.17, 15) is 19.7 Å². The van der Waals surface area contributed by atoms with Crippen molar-refractivity contribution >= 4 is 17.7 Å². The minimum Gasteiger partial charge on any atom is -0.443 e. The second-order valence-corrected chi connectivity index (χ2v) is 8.44. The van der Waals surface area contributed by atoms with Crippen molar-refractivity contribution in [2.24, 2.45) is 0 Å². The Balaban J connectivity index is 2.21. The standard InChI is InChI=1S/C23H26N2O5/c1-5-23(18(15-24(28)29)16-11-7-6-8-12-16)17-13-9-10-14-19(17)25(20(23)26)21(27)30-22(2,3)4/h6-14,18H,5,15H2,1-4H3/t18-,23-/m1/s1. The van der Waals surface area contributed by atoms with Crippen LogP contribution in [0, 0.1) is 10.1 Å². The highest BCUT2D eigenvalue weighted by molar-refractivity contribution is 6.21. The molecule has 0 saturated heterocycles. The molecule has 0 aromatic heterocycles. The van der Waals surface area contributed by atoms with Crippen LogP contribution in [0.25, 0.3) is 0 Å². The topological polar surface area (TPSA) is 89.8 Å². The highest BCUT2D eigenvalue weighted by atomic mass is 16.6. The van der Waals surface area contributed by atoms with Crippen molar-refractivity contribution in [3.05, 3.63) is 75.8 Å². The molecule has 0 N–H and O–H groups in total. The average molecular weight is 410 g/mol. The normalized spacial score (nSPS) is 19.3. The van der Waals surface area contributed by atoms with Crippen molar-refractivity contribution in [1.29, 1.82) is 0 Å². The molecule has 1 heterocycles. The molecule has 0 unspecified atom stereocenters. The summed E-state index contributed by atoms with van der Waals surface area (Å²) in [6.45, 7) is 6.57. The zero-order valence-corrected chi connectivity index (χ0v) is 17.6. The highest BCUT2D eigenvalue weighted by Gasteiger charge is 2.58. The number of fused-ring (bicyclic) bond motifs is 1. The van der Waals surface area contributed by atoms with Gasteiger partial charge in [-0.3, -0.25) is 14.9 Å². The van der Waals surface area contributed by atoms with Gasteiger partial charge < -0.3 is 4.74 Å². The molecule has 0 bridgehead atoms. The fourth-order valence-corrected chi connectivity index (χ4v) is 4.26. The van der Waals surface area contributed by atoms with E-state index in [1.165, 1.54) is 0 Å². The van der Waals surface area contributed by atoms with E-state index in [4.69, 9.17) is 4.74 Å². The first kappa shape index (κ1) is 21.5. The molecular formula is C23H26N2O5. The van der Waals surface area contributed by atoms with Crippen molar-refractivity contribution in [3.8, 4) is 0 Å². The Bertz CT molecular complexity index is 967. The molecule has 0 spiro atoms. The third kappa shape index (κ3) is 3.67. The molecule has 7 heteroatoms. The lowest BCUT2D eigenvalue weighted by Gasteiger charge is -2.34. The van der Waals surface area contributed by atoms with Crippen LogP contribution in [0.4, 0.5) is 10.5 Å². The van der Waals surface area contributed by atoms with E-state index in [0.717, 1.165) is 4.90 Å². The number of benzene rings is 2. The Labute approximate surface area is 175 Å². The number of carbonyl (C=O) groups is 2. The molecule has 1 aliphatic heterocycles. The quantitative estimate of drug-likeness (QED) is 0.527. The van der Waals surface area contributed by atoms with Crippen molar-refractivity contribution in [3.63, 3.8) is 0 Å². The second kappa shape index (κ2) is 7.89. The zero-order chi connectivity index (χ0) is 22.1. The first-order chi connectivity index (χ1) is 14.1. The van der Waals surface area contributed by atoms with Gasteiger partial charge in [0.1, 0.15) is 5.60 Å². The van der Waals surface area contributed by atoms with Crippen LogP contribution in [0.1, 0.15) is 51.2 Å². The van der Waals surface area contributed by atoms with E-state index in [0.29, 0.717) is 23.2 Å². The number of para-hydroxylation sites is 1. The lowest BCUT2D eigenvalue weighted by Crippen LogP contribution is -2.49. The van der Waals surface area contributed by atoms with Gasteiger partial charge >= 0.3 is 6.09 Å². The van der Waals surface area contributed by atoms with E-state index >= 15 is 0 Å². The van der Waals surface area contributed by atoms with Crippen LogP contribution in [0.15, 0.2) is 54.6 Å². The number of anilines is 1. The maximum Gasteiger partial charge on any atom is 0.421 e. The smallest absolute Gasteiger partial charge is 0.421 e. The Hall–Kier alpha value is -3.22. The fraction of sp³-hybridized carbons (Fsp3) is 0.391. The van der Waals surface area contributed by atoms with Gasteiger partial charge in [0, 0.05) is 4.92 Å². The molecule has 0 saturated carbocycles. The Morgan fingerprint density at radius 3 is 2.30 bits per heavy atom. The summed E-state index contributed by atoms with van der Waals surface area (Å²) in [5, 5.41) is 11.6. The van der Waals surface area contributed by atoms with Crippen molar-refractivity contribution < 1.29 is 19.2 Å². The van der Waals surface area contributed by atoms with Crippen LogP contribution >= 0.6 is 0 Å². The maximum atomic E-state index is 13.8.